The molecule has 0 spiro atoms. The highest BCUT2D eigenvalue weighted by molar-refractivity contribution is 5.99. The molecule has 1 saturated heterocycles. The molecule has 0 saturated carbocycles. The third-order valence-corrected chi connectivity index (χ3v) is 4.76. The lowest BCUT2D eigenvalue weighted by molar-refractivity contribution is -0.125. The van der Waals surface area contributed by atoms with E-state index in [1.807, 2.05) is 19.1 Å². The molecule has 1 aliphatic heterocycles. The molecule has 138 valence electrons. The van der Waals surface area contributed by atoms with Gasteiger partial charge in [0.2, 0.25) is 5.91 Å². The first-order valence-corrected chi connectivity index (χ1v) is 8.55. The molecule has 1 amide bonds. The number of rotatable bonds is 5. The van der Waals surface area contributed by atoms with Gasteiger partial charge in [-0.05, 0) is 36.8 Å². The van der Waals surface area contributed by atoms with Crippen LogP contribution < -0.4 is 14.4 Å². The molecule has 0 radical (unpaired) electrons. The number of ether oxygens (including phenoxy) is 2. The second-order valence-electron chi connectivity index (χ2n) is 6.30. The van der Waals surface area contributed by atoms with Crippen LogP contribution in [0.2, 0.25) is 0 Å². The van der Waals surface area contributed by atoms with E-state index in [1.54, 1.807) is 37.3 Å². The Morgan fingerprint density at radius 1 is 1.08 bits per heavy atom. The summed E-state index contributed by atoms with van der Waals surface area (Å²) >= 11 is 0. The van der Waals surface area contributed by atoms with Crippen molar-refractivity contribution in [2.24, 2.45) is 0 Å². The maximum absolute atomic E-state index is 13.1. The predicted molar refractivity (Wildman–Crippen MR) is 98.2 cm³/mol. The first-order valence-electron chi connectivity index (χ1n) is 8.55. The van der Waals surface area contributed by atoms with Crippen molar-refractivity contribution in [3.63, 3.8) is 0 Å². The standard InChI is InChI=1S/C20H23FN2O3/c1-14-20(24)23(18-9-8-17(25-2)12-19(18)26-3)11-10-22(14)13-15-4-6-16(21)7-5-15/h4-9,12,14H,10-11,13H2,1-3H3. The summed E-state index contributed by atoms with van der Waals surface area (Å²) in [7, 11) is 3.17. The van der Waals surface area contributed by atoms with Crippen LogP contribution in [0.3, 0.4) is 0 Å². The van der Waals surface area contributed by atoms with Gasteiger partial charge >= 0.3 is 0 Å². The van der Waals surface area contributed by atoms with E-state index in [1.165, 1.54) is 12.1 Å². The Morgan fingerprint density at radius 2 is 1.81 bits per heavy atom. The van der Waals surface area contributed by atoms with Gasteiger partial charge in [0.05, 0.1) is 25.9 Å². The number of amides is 1. The molecule has 1 heterocycles. The molecule has 1 atom stereocenters. The number of piperazine rings is 1. The number of carbonyl (C=O) groups excluding carboxylic acids is 1. The average Bonchev–Trinajstić information content (AvgIpc) is 2.67. The van der Waals surface area contributed by atoms with Gasteiger partial charge in [0.15, 0.2) is 0 Å². The largest absolute Gasteiger partial charge is 0.497 e. The van der Waals surface area contributed by atoms with Gasteiger partial charge in [-0.2, -0.15) is 0 Å². The van der Waals surface area contributed by atoms with Crippen LogP contribution in [0.1, 0.15) is 12.5 Å². The number of halogens is 1. The van der Waals surface area contributed by atoms with Crippen LogP contribution in [-0.4, -0.2) is 44.2 Å². The summed E-state index contributed by atoms with van der Waals surface area (Å²) in [5.74, 6) is 1.05. The molecule has 3 rings (SSSR count). The van der Waals surface area contributed by atoms with E-state index in [0.717, 1.165) is 17.8 Å². The van der Waals surface area contributed by atoms with Crippen molar-refractivity contribution in [3.8, 4) is 11.5 Å². The van der Waals surface area contributed by atoms with E-state index in [2.05, 4.69) is 4.90 Å². The van der Waals surface area contributed by atoms with Gasteiger partial charge < -0.3 is 14.4 Å². The Morgan fingerprint density at radius 3 is 2.46 bits per heavy atom. The number of carbonyl (C=O) groups is 1. The minimum atomic E-state index is -0.277. The fourth-order valence-corrected chi connectivity index (χ4v) is 3.20. The van der Waals surface area contributed by atoms with E-state index in [4.69, 9.17) is 9.47 Å². The van der Waals surface area contributed by atoms with Gasteiger partial charge in [-0.1, -0.05) is 12.1 Å². The van der Waals surface area contributed by atoms with Crippen LogP contribution in [-0.2, 0) is 11.3 Å². The second-order valence-corrected chi connectivity index (χ2v) is 6.30. The van der Waals surface area contributed by atoms with E-state index < -0.39 is 0 Å². The summed E-state index contributed by atoms with van der Waals surface area (Å²) in [5.41, 5.74) is 1.73. The molecule has 0 bridgehead atoms. The highest BCUT2D eigenvalue weighted by Crippen LogP contribution is 2.34. The summed E-state index contributed by atoms with van der Waals surface area (Å²) in [6.45, 7) is 3.79. The van der Waals surface area contributed by atoms with E-state index >= 15 is 0 Å². The molecule has 0 aliphatic carbocycles. The molecule has 2 aromatic carbocycles. The maximum atomic E-state index is 13.1. The van der Waals surface area contributed by atoms with Crippen molar-refractivity contribution in [1.82, 2.24) is 4.90 Å². The van der Waals surface area contributed by atoms with Crippen LogP contribution in [0.5, 0.6) is 11.5 Å². The van der Waals surface area contributed by atoms with Crippen molar-refractivity contribution in [2.75, 3.05) is 32.2 Å². The van der Waals surface area contributed by atoms with E-state index in [0.29, 0.717) is 24.6 Å². The summed E-state index contributed by atoms with van der Waals surface area (Å²) in [6, 6.07) is 11.6. The van der Waals surface area contributed by atoms with Crippen LogP contribution >= 0.6 is 0 Å². The zero-order valence-electron chi connectivity index (χ0n) is 15.2. The second kappa shape index (κ2) is 7.74. The lowest BCUT2D eigenvalue weighted by Gasteiger charge is -2.39. The molecule has 6 heteroatoms. The lowest BCUT2D eigenvalue weighted by atomic mass is 10.1. The third-order valence-electron chi connectivity index (χ3n) is 4.76. The Bertz CT molecular complexity index is 779. The van der Waals surface area contributed by atoms with Gasteiger partial charge in [-0.3, -0.25) is 9.69 Å². The third kappa shape index (κ3) is 3.65. The Balaban J connectivity index is 1.76. The smallest absolute Gasteiger partial charge is 0.244 e. The van der Waals surface area contributed by atoms with E-state index in [9.17, 15) is 9.18 Å². The zero-order chi connectivity index (χ0) is 18.7. The minimum absolute atomic E-state index is 0.0156. The highest BCUT2D eigenvalue weighted by atomic mass is 19.1. The molecular formula is C20H23FN2O3. The summed E-state index contributed by atoms with van der Waals surface area (Å²) < 4.78 is 23.7. The highest BCUT2D eigenvalue weighted by Gasteiger charge is 2.33. The average molecular weight is 358 g/mol. The number of hydrogen-bond donors (Lipinski definition) is 0. The molecule has 1 unspecified atom stereocenters. The first-order chi connectivity index (χ1) is 12.5. The number of nitrogens with zero attached hydrogens (tertiary/aromatic N) is 2. The monoisotopic (exact) mass is 358 g/mol. The van der Waals surface area contributed by atoms with Gasteiger partial charge in [-0.25, -0.2) is 4.39 Å². The lowest BCUT2D eigenvalue weighted by Crippen LogP contribution is -2.55. The SMILES string of the molecule is COc1ccc(N2CCN(Cc3ccc(F)cc3)C(C)C2=O)c(OC)c1. The molecule has 1 aliphatic rings. The topological polar surface area (TPSA) is 42.0 Å². The maximum Gasteiger partial charge on any atom is 0.244 e. The molecule has 1 fully saturated rings. The number of anilines is 1. The normalized spacial score (nSPS) is 18.1. The van der Waals surface area contributed by atoms with Crippen molar-refractivity contribution >= 4 is 11.6 Å². The fraction of sp³-hybridized carbons (Fsp3) is 0.350. The van der Waals surface area contributed by atoms with Crippen molar-refractivity contribution in [2.45, 2.75) is 19.5 Å². The van der Waals surface area contributed by atoms with Crippen LogP contribution in [0.25, 0.3) is 0 Å². The molecular weight excluding hydrogens is 335 g/mol. The number of hydrogen-bond acceptors (Lipinski definition) is 4. The summed E-state index contributed by atoms with van der Waals surface area (Å²) in [5, 5.41) is 0. The molecule has 0 N–H and O–H groups in total. The first kappa shape index (κ1) is 18.2. The molecule has 2 aromatic rings. The fourth-order valence-electron chi connectivity index (χ4n) is 3.20. The van der Waals surface area contributed by atoms with Gasteiger partial charge in [-0.15, -0.1) is 0 Å². The van der Waals surface area contributed by atoms with Gasteiger partial charge in [0.1, 0.15) is 17.3 Å². The Kier molecular flexibility index (Phi) is 5.42. The zero-order valence-corrected chi connectivity index (χ0v) is 15.2. The summed E-state index contributed by atoms with van der Waals surface area (Å²) in [4.78, 5) is 16.8. The Labute approximate surface area is 152 Å². The van der Waals surface area contributed by atoms with Crippen LogP contribution in [0.4, 0.5) is 10.1 Å². The number of methoxy groups -OCH3 is 2. The van der Waals surface area contributed by atoms with E-state index in [-0.39, 0.29) is 17.8 Å². The molecule has 26 heavy (non-hydrogen) atoms. The quantitative estimate of drug-likeness (QED) is 0.824. The van der Waals surface area contributed by atoms with Crippen molar-refractivity contribution < 1.29 is 18.7 Å². The number of benzene rings is 2. The summed E-state index contributed by atoms with van der Waals surface area (Å²) in [6.07, 6.45) is 0. The minimum Gasteiger partial charge on any atom is -0.497 e. The van der Waals surface area contributed by atoms with Crippen LogP contribution in [0, 0.1) is 5.82 Å². The van der Waals surface area contributed by atoms with Crippen molar-refractivity contribution in [1.29, 1.82) is 0 Å². The van der Waals surface area contributed by atoms with Gasteiger partial charge in [0, 0.05) is 25.7 Å². The van der Waals surface area contributed by atoms with Crippen molar-refractivity contribution in [3.05, 3.63) is 53.8 Å². The van der Waals surface area contributed by atoms with Crippen LogP contribution in [0.15, 0.2) is 42.5 Å². The molecule has 0 aromatic heterocycles. The van der Waals surface area contributed by atoms with Gasteiger partial charge in [0.25, 0.3) is 0 Å². The predicted octanol–water partition coefficient (Wildman–Crippen LogP) is 3.08. The Hall–Kier alpha value is -2.60. The molecule has 5 nitrogen and oxygen atoms in total.